The van der Waals surface area contributed by atoms with Crippen LogP contribution in [-0.2, 0) is 6.54 Å². The van der Waals surface area contributed by atoms with Crippen molar-refractivity contribution >= 4 is 21.8 Å². The molecule has 0 amide bonds. The van der Waals surface area contributed by atoms with Gasteiger partial charge in [-0.05, 0) is 52.9 Å². The number of nitrogens with zero attached hydrogens (tertiary/aromatic N) is 1. The van der Waals surface area contributed by atoms with Crippen molar-refractivity contribution < 1.29 is 0 Å². The number of aryl methyl sites for hydroxylation is 1. The Balaban J connectivity index is 1.65. The predicted octanol–water partition coefficient (Wildman–Crippen LogP) is 6.98. The Morgan fingerprint density at radius 3 is 1.96 bits per heavy atom. The Morgan fingerprint density at radius 2 is 1.25 bits per heavy atom. The van der Waals surface area contributed by atoms with Crippen LogP contribution in [0.15, 0.2) is 91.0 Å². The number of para-hydroxylation sites is 1. The molecule has 1 heteroatoms. The Labute approximate surface area is 164 Å². The smallest absolute Gasteiger partial charge is 0.0491 e. The van der Waals surface area contributed by atoms with Crippen LogP contribution in [0.1, 0.15) is 29.5 Å². The van der Waals surface area contributed by atoms with Gasteiger partial charge in [-0.3, -0.25) is 0 Å². The lowest BCUT2D eigenvalue weighted by molar-refractivity contribution is 0.827. The summed E-state index contributed by atoms with van der Waals surface area (Å²) in [7, 11) is 0. The van der Waals surface area contributed by atoms with E-state index in [2.05, 4.69) is 102 Å². The fourth-order valence-electron chi connectivity index (χ4n) is 5.11. The van der Waals surface area contributed by atoms with Gasteiger partial charge in [0.05, 0.1) is 0 Å². The standard InChI is InChI=1S/C27H21N/c1-2-28-25-14-8-7-11-21(25)24-17-18(15-16-26(24)28)27-22-12-5-3-9-19(22)20-10-4-6-13-23(20)27/h3-17,27H,2H2,1H3. The van der Waals surface area contributed by atoms with E-state index in [1.807, 2.05) is 0 Å². The third-order valence-electron chi connectivity index (χ3n) is 6.28. The van der Waals surface area contributed by atoms with Crippen molar-refractivity contribution in [3.05, 3.63) is 108 Å². The Kier molecular flexibility index (Phi) is 3.28. The molecule has 0 spiro atoms. The van der Waals surface area contributed by atoms with E-state index in [1.54, 1.807) is 0 Å². The van der Waals surface area contributed by atoms with Gasteiger partial charge in [0.1, 0.15) is 0 Å². The first-order chi connectivity index (χ1) is 13.9. The lowest BCUT2D eigenvalue weighted by Crippen LogP contribution is -1.99. The first kappa shape index (κ1) is 15.7. The molecule has 1 nitrogen and oxygen atoms in total. The minimum atomic E-state index is 0.306. The molecule has 0 radical (unpaired) electrons. The summed E-state index contributed by atoms with van der Waals surface area (Å²) in [6, 6.07) is 33.6. The minimum Gasteiger partial charge on any atom is -0.341 e. The average Bonchev–Trinajstić information content (AvgIpc) is 3.26. The lowest BCUT2D eigenvalue weighted by Gasteiger charge is -2.15. The van der Waals surface area contributed by atoms with Gasteiger partial charge in [0.25, 0.3) is 0 Å². The van der Waals surface area contributed by atoms with Crippen molar-refractivity contribution in [2.24, 2.45) is 0 Å². The van der Waals surface area contributed by atoms with Gasteiger partial charge in [0.15, 0.2) is 0 Å². The van der Waals surface area contributed by atoms with E-state index in [1.165, 1.54) is 49.6 Å². The fraction of sp³-hybridized carbons (Fsp3) is 0.111. The summed E-state index contributed by atoms with van der Waals surface area (Å²) in [5.41, 5.74) is 9.61. The largest absolute Gasteiger partial charge is 0.341 e. The molecule has 134 valence electrons. The molecule has 6 rings (SSSR count). The summed E-state index contributed by atoms with van der Waals surface area (Å²) < 4.78 is 2.42. The summed E-state index contributed by atoms with van der Waals surface area (Å²) >= 11 is 0. The summed E-state index contributed by atoms with van der Waals surface area (Å²) in [5, 5.41) is 2.71. The molecule has 0 bridgehead atoms. The van der Waals surface area contributed by atoms with Gasteiger partial charge in [-0.2, -0.15) is 0 Å². The van der Waals surface area contributed by atoms with E-state index in [9.17, 15) is 0 Å². The molecule has 0 atom stereocenters. The molecule has 0 N–H and O–H groups in total. The van der Waals surface area contributed by atoms with Gasteiger partial charge in [-0.15, -0.1) is 0 Å². The van der Waals surface area contributed by atoms with Gasteiger partial charge >= 0.3 is 0 Å². The lowest BCUT2D eigenvalue weighted by atomic mass is 9.88. The van der Waals surface area contributed by atoms with E-state index < -0.39 is 0 Å². The van der Waals surface area contributed by atoms with Gasteiger partial charge < -0.3 is 4.57 Å². The second-order valence-electron chi connectivity index (χ2n) is 7.65. The minimum absolute atomic E-state index is 0.306. The molecule has 0 aliphatic heterocycles. The molecule has 1 aliphatic carbocycles. The highest BCUT2D eigenvalue weighted by Gasteiger charge is 2.29. The molecule has 0 unspecified atom stereocenters. The first-order valence-electron chi connectivity index (χ1n) is 10.1. The van der Waals surface area contributed by atoms with Crippen LogP contribution in [0.5, 0.6) is 0 Å². The highest BCUT2D eigenvalue weighted by Crippen LogP contribution is 2.48. The summed E-state index contributed by atoms with van der Waals surface area (Å²) in [6.07, 6.45) is 0. The number of hydrogen-bond acceptors (Lipinski definition) is 0. The zero-order valence-corrected chi connectivity index (χ0v) is 15.9. The van der Waals surface area contributed by atoms with Gasteiger partial charge in [0.2, 0.25) is 0 Å². The number of benzene rings is 4. The Bertz CT molecular complexity index is 1310. The van der Waals surface area contributed by atoms with Crippen LogP contribution in [0.2, 0.25) is 0 Å². The third-order valence-corrected chi connectivity index (χ3v) is 6.28. The molecule has 28 heavy (non-hydrogen) atoms. The second kappa shape index (κ2) is 5.84. The molecular weight excluding hydrogens is 338 g/mol. The van der Waals surface area contributed by atoms with Crippen molar-refractivity contribution in [2.45, 2.75) is 19.4 Å². The van der Waals surface area contributed by atoms with Crippen molar-refractivity contribution in [2.75, 3.05) is 0 Å². The molecule has 0 saturated heterocycles. The average molecular weight is 359 g/mol. The highest BCUT2D eigenvalue weighted by molar-refractivity contribution is 6.08. The molecule has 0 fully saturated rings. The zero-order valence-electron chi connectivity index (χ0n) is 15.9. The molecule has 1 aromatic heterocycles. The maximum atomic E-state index is 2.42. The van der Waals surface area contributed by atoms with Gasteiger partial charge in [-0.25, -0.2) is 0 Å². The van der Waals surface area contributed by atoms with E-state index in [0.29, 0.717) is 5.92 Å². The molecule has 5 aromatic rings. The zero-order chi connectivity index (χ0) is 18.7. The van der Waals surface area contributed by atoms with E-state index >= 15 is 0 Å². The maximum Gasteiger partial charge on any atom is 0.0491 e. The van der Waals surface area contributed by atoms with Gasteiger partial charge in [-0.1, -0.05) is 72.8 Å². The quantitative estimate of drug-likeness (QED) is 0.314. The van der Waals surface area contributed by atoms with Crippen molar-refractivity contribution in [3.63, 3.8) is 0 Å². The molecule has 1 heterocycles. The van der Waals surface area contributed by atoms with Crippen LogP contribution in [0.3, 0.4) is 0 Å². The molecule has 0 saturated carbocycles. The molecule has 1 aliphatic rings. The first-order valence-corrected chi connectivity index (χ1v) is 10.1. The van der Waals surface area contributed by atoms with E-state index in [0.717, 1.165) is 6.54 Å². The van der Waals surface area contributed by atoms with Crippen LogP contribution in [0.4, 0.5) is 0 Å². The Hall–Kier alpha value is -3.32. The van der Waals surface area contributed by atoms with Crippen LogP contribution in [0.25, 0.3) is 32.9 Å². The highest BCUT2D eigenvalue weighted by atomic mass is 15.0. The second-order valence-corrected chi connectivity index (χ2v) is 7.65. The number of rotatable bonds is 2. The van der Waals surface area contributed by atoms with E-state index in [-0.39, 0.29) is 0 Å². The normalized spacial score (nSPS) is 13.2. The third kappa shape index (κ3) is 2.02. The summed E-state index contributed by atoms with van der Waals surface area (Å²) in [6.45, 7) is 3.21. The van der Waals surface area contributed by atoms with E-state index in [4.69, 9.17) is 0 Å². The number of fused-ring (bicyclic) bond motifs is 6. The maximum absolute atomic E-state index is 2.42. The monoisotopic (exact) mass is 359 g/mol. The van der Waals surface area contributed by atoms with Crippen molar-refractivity contribution in [1.29, 1.82) is 0 Å². The SMILES string of the molecule is CCn1c2ccccc2c2cc(C3c4ccccc4-c4ccccc43)ccc21. The van der Waals surface area contributed by atoms with Crippen LogP contribution in [0, 0.1) is 0 Å². The predicted molar refractivity (Wildman–Crippen MR) is 118 cm³/mol. The van der Waals surface area contributed by atoms with Crippen molar-refractivity contribution in [1.82, 2.24) is 4.57 Å². The van der Waals surface area contributed by atoms with Gasteiger partial charge in [0, 0.05) is 34.3 Å². The fourth-order valence-corrected chi connectivity index (χ4v) is 5.11. The van der Waals surface area contributed by atoms with Crippen LogP contribution in [-0.4, -0.2) is 4.57 Å². The Morgan fingerprint density at radius 1 is 0.643 bits per heavy atom. The van der Waals surface area contributed by atoms with Crippen LogP contribution >= 0.6 is 0 Å². The molecular formula is C27H21N. The summed E-state index contributed by atoms with van der Waals surface area (Å²) in [4.78, 5) is 0. The summed E-state index contributed by atoms with van der Waals surface area (Å²) in [5.74, 6) is 0.306. The van der Waals surface area contributed by atoms with Crippen molar-refractivity contribution in [3.8, 4) is 11.1 Å². The van der Waals surface area contributed by atoms with Crippen LogP contribution < -0.4 is 0 Å². The topological polar surface area (TPSA) is 4.93 Å². The number of hydrogen-bond donors (Lipinski definition) is 0. The number of aromatic nitrogens is 1. The molecule has 4 aromatic carbocycles.